The Morgan fingerprint density at radius 1 is 1.13 bits per heavy atom. The van der Waals surface area contributed by atoms with E-state index < -0.39 is 5.97 Å². The van der Waals surface area contributed by atoms with Gasteiger partial charge in [-0.1, -0.05) is 48.9 Å². The van der Waals surface area contributed by atoms with Gasteiger partial charge < -0.3 is 10.1 Å². The molecular formula is C18H18ClNO3. The number of halogens is 1. The topological polar surface area (TPSA) is 55.4 Å². The molecule has 1 amide bonds. The standard InChI is InChI=1S/C18H18ClNO3/c1-2-13-6-5-8-15(10-13)20-17(21)12-23-18(22)11-14-7-3-4-9-16(14)19/h3-10H,2,11-12H2,1H3,(H,20,21). The van der Waals surface area contributed by atoms with Gasteiger partial charge >= 0.3 is 5.97 Å². The van der Waals surface area contributed by atoms with Crippen LogP contribution < -0.4 is 5.32 Å². The fraction of sp³-hybridized carbons (Fsp3) is 0.222. The second kappa shape index (κ2) is 8.34. The summed E-state index contributed by atoms with van der Waals surface area (Å²) in [5.74, 6) is -0.860. The largest absolute Gasteiger partial charge is 0.455 e. The molecule has 0 radical (unpaired) electrons. The quantitative estimate of drug-likeness (QED) is 0.822. The van der Waals surface area contributed by atoms with Crippen molar-refractivity contribution in [1.82, 2.24) is 0 Å². The van der Waals surface area contributed by atoms with E-state index in [0.29, 0.717) is 16.3 Å². The molecule has 0 unspecified atom stereocenters. The highest BCUT2D eigenvalue weighted by Gasteiger charge is 2.10. The first-order chi connectivity index (χ1) is 11.1. The van der Waals surface area contributed by atoms with Gasteiger partial charge in [0.15, 0.2) is 6.61 Å². The smallest absolute Gasteiger partial charge is 0.310 e. The Balaban J connectivity index is 1.82. The third kappa shape index (κ3) is 5.42. The van der Waals surface area contributed by atoms with Crippen LogP contribution in [0.15, 0.2) is 48.5 Å². The average Bonchev–Trinajstić information content (AvgIpc) is 2.55. The first kappa shape index (κ1) is 17.0. The molecule has 5 heteroatoms. The van der Waals surface area contributed by atoms with E-state index in [1.807, 2.05) is 25.1 Å². The van der Waals surface area contributed by atoms with Crippen molar-refractivity contribution in [3.8, 4) is 0 Å². The summed E-state index contributed by atoms with van der Waals surface area (Å²) < 4.78 is 4.98. The normalized spacial score (nSPS) is 10.2. The van der Waals surface area contributed by atoms with Gasteiger partial charge in [0.1, 0.15) is 0 Å². The number of carbonyl (C=O) groups excluding carboxylic acids is 2. The maximum absolute atomic E-state index is 11.8. The predicted octanol–water partition coefficient (Wildman–Crippen LogP) is 3.63. The number of aryl methyl sites for hydroxylation is 1. The minimum atomic E-state index is -0.490. The van der Waals surface area contributed by atoms with Crippen molar-refractivity contribution >= 4 is 29.2 Å². The highest BCUT2D eigenvalue weighted by molar-refractivity contribution is 6.31. The molecule has 0 bridgehead atoms. The number of nitrogens with one attached hydrogen (secondary N) is 1. The van der Waals surface area contributed by atoms with Crippen molar-refractivity contribution in [3.63, 3.8) is 0 Å². The molecule has 0 atom stereocenters. The lowest BCUT2D eigenvalue weighted by Crippen LogP contribution is -2.21. The van der Waals surface area contributed by atoms with Crippen LogP contribution in [0.2, 0.25) is 5.02 Å². The number of hydrogen-bond acceptors (Lipinski definition) is 3. The first-order valence-corrected chi connectivity index (χ1v) is 7.74. The van der Waals surface area contributed by atoms with Gasteiger partial charge in [-0.25, -0.2) is 0 Å². The first-order valence-electron chi connectivity index (χ1n) is 7.36. The molecular weight excluding hydrogens is 314 g/mol. The third-order valence-corrected chi connectivity index (χ3v) is 3.64. The fourth-order valence-corrected chi connectivity index (χ4v) is 2.26. The predicted molar refractivity (Wildman–Crippen MR) is 90.6 cm³/mol. The van der Waals surface area contributed by atoms with Crippen LogP contribution in [0.5, 0.6) is 0 Å². The van der Waals surface area contributed by atoms with Crippen LogP contribution in [0.3, 0.4) is 0 Å². The molecule has 120 valence electrons. The van der Waals surface area contributed by atoms with Crippen molar-refractivity contribution in [2.75, 3.05) is 11.9 Å². The summed E-state index contributed by atoms with van der Waals surface area (Å²) >= 11 is 5.98. The summed E-state index contributed by atoms with van der Waals surface area (Å²) in [6.45, 7) is 1.72. The lowest BCUT2D eigenvalue weighted by Gasteiger charge is -2.08. The summed E-state index contributed by atoms with van der Waals surface area (Å²) in [5.41, 5.74) is 2.49. The second-order valence-electron chi connectivity index (χ2n) is 5.03. The van der Waals surface area contributed by atoms with Crippen LogP contribution in [0.1, 0.15) is 18.1 Å². The fourth-order valence-electron chi connectivity index (χ4n) is 2.06. The molecule has 2 rings (SSSR count). The molecule has 0 saturated carbocycles. The molecule has 0 spiro atoms. The Kier molecular flexibility index (Phi) is 6.18. The SMILES string of the molecule is CCc1cccc(NC(=O)COC(=O)Cc2ccccc2Cl)c1. The van der Waals surface area contributed by atoms with Crippen molar-refractivity contribution in [2.24, 2.45) is 0 Å². The molecule has 2 aromatic carbocycles. The molecule has 0 saturated heterocycles. The van der Waals surface area contributed by atoms with E-state index in [9.17, 15) is 9.59 Å². The van der Waals surface area contributed by atoms with Gasteiger partial charge in [0.25, 0.3) is 5.91 Å². The zero-order valence-electron chi connectivity index (χ0n) is 12.8. The highest BCUT2D eigenvalue weighted by Crippen LogP contribution is 2.16. The molecule has 1 N–H and O–H groups in total. The maximum Gasteiger partial charge on any atom is 0.310 e. The number of esters is 1. The highest BCUT2D eigenvalue weighted by atomic mass is 35.5. The van der Waals surface area contributed by atoms with Crippen LogP contribution in [-0.2, 0) is 27.2 Å². The number of benzene rings is 2. The Labute approximate surface area is 140 Å². The van der Waals surface area contributed by atoms with Gasteiger partial charge in [0.2, 0.25) is 0 Å². The van der Waals surface area contributed by atoms with Crippen LogP contribution in [0.4, 0.5) is 5.69 Å². The number of anilines is 1. The summed E-state index contributed by atoms with van der Waals surface area (Å²) in [4.78, 5) is 23.6. The van der Waals surface area contributed by atoms with Crippen LogP contribution >= 0.6 is 11.6 Å². The van der Waals surface area contributed by atoms with E-state index in [1.54, 1.807) is 30.3 Å². The number of rotatable bonds is 6. The molecule has 0 aliphatic heterocycles. The average molecular weight is 332 g/mol. The van der Waals surface area contributed by atoms with Crippen molar-refractivity contribution in [3.05, 3.63) is 64.7 Å². The Hall–Kier alpha value is -2.33. The lowest BCUT2D eigenvalue weighted by molar-refractivity contribution is -0.146. The third-order valence-electron chi connectivity index (χ3n) is 3.28. The van der Waals surface area contributed by atoms with Crippen molar-refractivity contribution in [2.45, 2.75) is 19.8 Å². The zero-order valence-corrected chi connectivity index (χ0v) is 13.6. The molecule has 0 heterocycles. The van der Waals surface area contributed by atoms with Gasteiger partial charge in [-0.2, -0.15) is 0 Å². The zero-order chi connectivity index (χ0) is 16.7. The van der Waals surface area contributed by atoms with E-state index in [2.05, 4.69) is 5.32 Å². The van der Waals surface area contributed by atoms with Gasteiger partial charge in [-0.3, -0.25) is 9.59 Å². The summed E-state index contributed by atoms with van der Waals surface area (Å²) in [6, 6.07) is 14.6. The van der Waals surface area contributed by atoms with Crippen LogP contribution in [0, 0.1) is 0 Å². The van der Waals surface area contributed by atoms with Crippen molar-refractivity contribution in [1.29, 1.82) is 0 Å². The van der Waals surface area contributed by atoms with Gasteiger partial charge in [-0.05, 0) is 35.7 Å². The monoisotopic (exact) mass is 331 g/mol. The molecule has 0 aliphatic carbocycles. The van der Waals surface area contributed by atoms with Gasteiger partial charge in [-0.15, -0.1) is 0 Å². The minimum Gasteiger partial charge on any atom is -0.455 e. The summed E-state index contributed by atoms with van der Waals surface area (Å²) in [5, 5.41) is 3.21. The van der Waals surface area contributed by atoms with Crippen molar-refractivity contribution < 1.29 is 14.3 Å². The van der Waals surface area contributed by atoms with E-state index in [0.717, 1.165) is 12.0 Å². The number of ether oxygens (including phenoxy) is 1. The molecule has 0 fully saturated rings. The molecule has 0 aromatic heterocycles. The van der Waals surface area contributed by atoms with E-state index in [4.69, 9.17) is 16.3 Å². The summed E-state index contributed by atoms with van der Waals surface area (Å²) in [6.07, 6.45) is 0.925. The van der Waals surface area contributed by atoms with E-state index >= 15 is 0 Å². The van der Waals surface area contributed by atoms with Gasteiger partial charge in [0.05, 0.1) is 6.42 Å². The maximum atomic E-state index is 11.8. The minimum absolute atomic E-state index is 0.0400. The number of hydrogen-bond donors (Lipinski definition) is 1. The molecule has 2 aromatic rings. The number of carbonyl (C=O) groups is 2. The Morgan fingerprint density at radius 2 is 1.91 bits per heavy atom. The molecule has 0 aliphatic rings. The Bertz CT molecular complexity index is 700. The Morgan fingerprint density at radius 3 is 2.65 bits per heavy atom. The lowest BCUT2D eigenvalue weighted by atomic mass is 10.1. The van der Waals surface area contributed by atoms with E-state index in [-0.39, 0.29) is 18.9 Å². The second-order valence-corrected chi connectivity index (χ2v) is 5.44. The summed E-state index contributed by atoms with van der Waals surface area (Å²) in [7, 11) is 0. The molecule has 23 heavy (non-hydrogen) atoms. The molecule has 4 nitrogen and oxygen atoms in total. The number of amides is 1. The van der Waals surface area contributed by atoms with E-state index in [1.165, 1.54) is 0 Å². The van der Waals surface area contributed by atoms with Crippen LogP contribution in [-0.4, -0.2) is 18.5 Å². The van der Waals surface area contributed by atoms with Gasteiger partial charge in [0, 0.05) is 10.7 Å². The van der Waals surface area contributed by atoms with Crippen LogP contribution in [0.25, 0.3) is 0 Å².